The topological polar surface area (TPSA) is 18.5 Å². The van der Waals surface area contributed by atoms with Gasteiger partial charge in [0.25, 0.3) is 0 Å². The van der Waals surface area contributed by atoms with Gasteiger partial charge in [0.05, 0.1) is 13.7 Å². The van der Waals surface area contributed by atoms with Crippen LogP contribution < -0.4 is 9.47 Å². The summed E-state index contributed by atoms with van der Waals surface area (Å²) in [5.74, 6) is 1.87. The van der Waals surface area contributed by atoms with E-state index in [4.69, 9.17) is 9.47 Å². The lowest BCUT2D eigenvalue weighted by Gasteiger charge is -2.13. The first-order valence-corrected chi connectivity index (χ1v) is 8.17. The molecule has 0 aromatic heterocycles. The SMILES string of the molecule is C/C=C/c1cc(OCCCCCCCC)c(C)cc1OC. The van der Waals surface area contributed by atoms with Gasteiger partial charge in [0, 0.05) is 5.56 Å². The highest BCUT2D eigenvalue weighted by Gasteiger charge is 2.07. The van der Waals surface area contributed by atoms with E-state index in [1.54, 1.807) is 7.11 Å². The molecule has 0 atom stereocenters. The van der Waals surface area contributed by atoms with E-state index in [0.717, 1.165) is 35.7 Å². The van der Waals surface area contributed by atoms with E-state index in [-0.39, 0.29) is 0 Å². The van der Waals surface area contributed by atoms with Gasteiger partial charge in [-0.1, -0.05) is 51.2 Å². The first kappa shape index (κ1) is 17.6. The van der Waals surface area contributed by atoms with E-state index >= 15 is 0 Å². The van der Waals surface area contributed by atoms with Crippen molar-refractivity contribution in [3.05, 3.63) is 29.3 Å². The van der Waals surface area contributed by atoms with Crippen LogP contribution in [0.5, 0.6) is 11.5 Å². The molecule has 0 fully saturated rings. The highest BCUT2D eigenvalue weighted by atomic mass is 16.5. The standard InChI is InChI=1S/C19H30O2/c1-5-7-8-9-10-11-13-21-18-15-17(12-6-2)19(20-4)14-16(18)3/h6,12,14-15H,5,7-11,13H2,1-4H3/b12-6+. The van der Waals surface area contributed by atoms with Crippen molar-refractivity contribution in [1.29, 1.82) is 0 Å². The summed E-state index contributed by atoms with van der Waals surface area (Å²) < 4.78 is 11.3. The molecule has 0 unspecified atom stereocenters. The molecule has 0 saturated heterocycles. The highest BCUT2D eigenvalue weighted by molar-refractivity contribution is 5.61. The number of unbranched alkanes of at least 4 members (excludes halogenated alkanes) is 5. The van der Waals surface area contributed by atoms with Crippen molar-refractivity contribution >= 4 is 6.08 Å². The lowest BCUT2D eigenvalue weighted by molar-refractivity contribution is 0.301. The van der Waals surface area contributed by atoms with Gasteiger partial charge >= 0.3 is 0 Å². The average Bonchev–Trinajstić information content (AvgIpc) is 2.49. The number of aryl methyl sites for hydroxylation is 1. The molecule has 2 heteroatoms. The van der Waals surface area contributed by atoms with Crippen LogP contribution in [0.25, 0.3) is 6.08 Å². The summed E-state index contributed by atoms with van der Waals surface area (Å²) in [7, 11) is 1.71. The molecule has 1 aromatic rings. The van der Waals surface area contributed by atoms with Gasteiger partial charge in [0.2, 0.25) is 0 Å². The van der Waals surface area contributed by atoms with Gasteiger partial charge < -0.3 is 9.47 Å². The van der Waals surface area contributed by atoms with Gasteiger partial charge in [0.1, 0.15) is 11.5 Å². The molecule has 1 aromatic carbocycles. The molecule has 21 heavy (non-hydrogen) atoms. The fourth-order valence-electron chi connectivity index (χ4n) is 2.38. The van der Waals surface area contributed by atoms with Crippen molar-refractivity contribution < 1.29 is 9.47 Å². The number of hydrogen-bond donors (Lipinski definition) is 0. The fourth-order valence-corrected chi connectivity index (χ4v) is 2.38. The van der Waals surface area contributed by atoms with Crippen LogP contribution >= 0.6 is 0 Å². The molecular weight excluding hydrogens is 260 g/mol. The Labute approximate surface area is 130 Å². The molecule has 0 aliphatic heterocycles. The van der Waals surface area contributed by atoms with Crippen LogP contribution in [0, 0.1) is 6.92 Å². The molecule has 0 saturated carbocycles. The third-order valence-electron chi connectivity index (χ3n) is 3.63. The molecule has 2 nitrogen and oxygen atoms in total. The minimum absolute atomic E-state index is 0.800. The molecule has 0 spiro atoms. The zero-order chi connectivity index (χ0) is 15.5. The van der Waals surface area contributed by atoms with Crippen LogP contribution in [-0.4, -0.2) is 13.7 Å². The summed E-state index contributed by atoms with van der Waals surface area (Å²) in [6, 6.07) is 4.12. The number of ether oxygens (including phenoxy) is 2. The minimum atomic E-state index is 0.800. The number of rotatable bonds is 10. The van der Waals surface area contributed by atoms with Crippen molar-refractivity contribution in [2.24, 2.45) is 0 Å². The van der Waals surface area contributed by atoms with E-state index in [0.29, 0.717) is 0 Å². The molecule has 118 valence electrons. The molecule has 0 aliphatic carbocycles. The van der Waals surface area contributed by atoms with Crippen LogP contribution in [0.15, 0.2) is 18.2 Å². The van der Waals surface area contributed by atoms with Crippen molar-refractivity contribution in [1.82, 2.24) is 0 Å². The lowest BCUT2D eigenvalue weighted by Crippen LogP contribution is -2.00. The predicted molar refractivity (Wildman–Crippen MR) is 91.3 cm³/mol. The second kappa shape index (κ2) is 10.3. The second-order valence-electron chi connectivity index (χ2n) is 5.48. The van der Waals surface area contributed by atoms with Crippen LogP contribution in [0.1, 0.15) is 63.5 Å². The molecule has 0 radical (unpaired) electrons. The van der Waals surface area contributed by atoms with E-state index < -0.39 is 0 Å². The van der Waals surface area contributed by atoms with Crippen LogP contribution in [0.2, 0.25) is 0 Å². The summed E-state index contributed by atoms with van der Waals surface area (Å²) in [5, 5.41) is 0. The maximum Gasteiger partial charge on any atom is 0.126 e. The third kappa shape index (κ3) is 6.24. The first-order chi connectivity index (χ1) is 10.2. The Bertz CT molecular complexity index is 435. The van der Waals surface area contributed by atoms with Crippen LogP contribution in [-0.2, 0) is 0 Å². The zero-order valence-electron chi connectivity index (χ0n) is 14.1. The van der Waals surface area contributed by atoms with Gasteiger partial charge in [-0.15, -0.1) is 0 Å². The van der Waals surface area contributed by atoms with E-state index in [1.165, 1.54) is 32.1 Å². The molecule has 0 heterocycles. The van der Waals surface area contributed by atoms with Gasteiger partial charge in [-0.05, 0) is 38.0 Å². The zero-order valence-corrected chi connectivity index (χ0v) is 14.1. The third-order valence-corrected chi connectivity index (χ3v) is 3.63. The predicted octanol–water partition coefficient (Wildman–Crippen LogP) is 5.78. The fraction of sp³-hybridized carbons (Fsp3) is 0.579. The van der Waals surface area contributed by atoms with Crippen LogP contribution in [0.4, 0.5) is 0 Å². The monoisotopic (exact) mass is 290 g/mol. The molecule has 0 bridgehead atoms. The molecule has 0 N–H and O–H groups in total. The maximum absolute atomic E-state index is 5.94. The quantitative estimate of drug-likeness (QED) is 0.509. The molecule has 0 amide bonds. The van der Waals surface area contributed by atoms with Gasteiger partial charge in [-0.2, -0.15) is 0 Å². The van der Waals surface area contributed by atoms with E-state index in [1.807, 2.05) is 19.1 Å². The Balaban J connectivity index is 2.49. The number of hydrogen-bond acceptors (Lipinski definition) is 2. The minimum Gasteiger partial charge on any atom is -0.496 e. The van der Waals surface area contributed by atoms with Crippen LogP contribution in [0.3, 0.4) is 0 Å². The Morgan fingerprint density at radius 2 is 1.71 bits per heavy atom. The van der Waals surface area contributed by atoms with E-state index in [9.17, 15) is 0 Å². The highest BCUT2D eigenvalue weighted by Crippen LogP contribution is 2.29. The number of benzene rings is 1. The largest absolute Gasteiger partial charge is 0.496 e. The Kier molecular flexibility index (Phi) is 8.65. The number of allylic oxidation sites excluding steroid dienone is 1. The maximum atomic E-state index is 5.94. The van der Waals surface area contributed by atoms with Gasteiger partial charge in [-0.3, -0.25) is 0 Å². The van der Waals surface area contributed by atoms with Crippen molar-refractivity contribution in [2.75, 3.05) is 13.7 Å². The summed E-state index contributed by atoms with van der Waals surface area (Å²) in [4.78, 5) is 0. The summed E-state index contributed by atoms with van der Waals surface area (Å²) in [6.45, 7) is 7.13. The van der Waals surface area contributed by atoms with E-state index in [2.05, 4.69) is 26.0 Å². The molecule has 0 aliphatic rings. The van der Waals surface area contributed by atoms with Gasteiger partial charge in [-0.25, -0.2) is 0 Å². The summed E-state index contributed by atoms with van der Waals surface area (Å²) in [5.41, 5.74) is 2.20. The Morgan fingerprint density at radius 1 is 1.00 bits per heavy atom. The molecular formula is C19H30O2. The smallest absolute Gasteiger partial charge is 0.126 e. The first-order valence-electron chi connectivity index (χ1n) is 8.17. The number of methoxy groups -OCH3 is 1. The van der Waals surface area contributed by atoms with Crippen molar-refractivity contribution in [3.8, 4) is 11.5 Å². The Hall–Kier alpha value is -1.44. The summed E-state index contributed by atoms with van der Waals surface area (Å²) in [6.07, 6.45) is 11.8. The lowest BCUT2D eigenvalue weighted by atomic mass is 10.1. The van der Waals surface area contributed by atoms with Crippen molar-refractivity contribution in [3.63, 3.8) is 0 Å². The summed E-state index contributed by atoms with van der Waals surface area (Å²) >= 11 is 0. The Morgan fingerprint density at radius 3 is 2.38 bits per heavy atom. The second-order valence-corrected chi connectivity index (χ2v) is 5.48. The normalized spacial score (nSPS) is 11.0. The molecule has 1 rings (SSSR count). The van der Waals surface area contributed by atoms with Crippen molar-refractivity contribution in [2.45, 2.75) is 59.3 Å². The van der Waals surface area contributed by atoms with Gasteiger partial charge in [0.15, 0.2) is 0 Å². The average molecular weight is 290 g/mol.